The predicted octanol–water partition coefficient (Wildman–Crippen LogP) is 6.20. The van der Waals surface area contributed by atoms with Crippen LogP contribution in [0.5, 0.6) is 23.0 Å². The number of aromatic amines is 1. The Bertz CT molecular complexity index is 1550. The zero-order valence-corrected chi connectivity index (χ0v) is 23.9. The molecular weight excluding hydrogens is 508 g/mol. The second-order valence-corrected chi connectivity index (χ2v) is 9.29. The molecule has 4 aromatic rings. The number of pyridine rings is 1. The maximum atomic E-state index is 14.3. The lowest BCUT2D eigenvalue weighted by molar-refractivity contribution is 0.0983. The molecule has 1 aromatic heterocycles. The first-order valence-electron chi connectivity index (χ1n) is 13.5. The van der Waals surface area contributed by atoms with Crippen molar-refractivity contribution in [2.24, 2.45) is 0 Å². The number of nitrogens with one attached hydrogen (secondary N) is 1. The van der Waals surface area contributed by atoms with E-state index in [9.17, 15) is 9.59 Å². The number of hydrogen-bond acceptors (Lipinski definition) is 6. The Labute approximate surface area is 234 Å². The van der Waals surface area contributed by atoms with Gasteiger partial charge in [0, 0.05) is 27.7 Å². The molecule has 0 unspecified atom stereocenters. The van der Waals surface area contributed by atoms with Gasteiger partial charge in [0.2, 0.25) is 5.75 Å². The Morgan fingerprint density at radius 1 is 0.875 bits per heavy atom. The van der Waals surface area contributed by atoms with Gasteiger partial charge in [-0.1, -0.05) is 12.1 Å². The van der Waals surface area contributed by atoms with E-state index in [-0.39, 0.29) is 18.0 Å². The standard InChI is InChI=1S/C32H36N2O6/c1-7-38-28-17-23(18-29(39-8-2)30(28)40-9-3)32(36)34(27-12-10-11-20(4)21(27)5)19-24-15-22-16-25(37-6)13-14-26(22)33-31(24)35/h10-18H,7-9,19H2,1-6H3,(H,33,35). The van der Waals surface area contributed by atoms with Crippen molar-refractivity contribution in [2.75, 3.05) is 31.8 Å². The fraction of sp³-hybridized carbons (Fsp3) is 0.312. The van der Waals surface area contributed by atoms with Gasteiger partial charge in [-0.15, -0.1) is 0 Å². The van der Waals surface area contributed by atoms with E-state index in [1.807, 2.05) is 58.9 Å². The minimum absolute atomic E-state index is 0.0484. The quantitative estimate of drug-likeness (QED) is 0.242. The molecule has 8 nitrogen and oxygen atoms in total. The number of anilines is 1. The molecule has 0 radical (unpaired) electrons. The van der Waals surface area contributed by atoms with Gasteiger partial charge in [-0.25, -0.2) is 0 Å². The molecule has 0 fully saturated rings. The smallest absolute Gasteiger partial charge is 0.258 e. The van der Waals surface area contributed by atoms with Crippen molar-refractivity contribution in [3.05, 3.63) is 87.2 Å². The van der Waals surface area contributed by atoms with Crippen LogP contribution in [0.15, 0.2) is 59.4 Å². The lowest BCUT2D eigenvalue weighted by Gasteiger charge is -2.26. The fourth-order valence-electron chi connectivity index (χ4n) is 4.61. The van der Waals surface area contributed by atoms with Gasteiger partial charge in [0.1, 0.15) is 5.75 Å². The van der Waals surface area contributed by atoms with Gasteiger partial charge in [-0.05, 0) is 88.2 Å². The molecule has 0 atom stereocenters. The highest BCUT2D eigenvalue weighted by molar-refractivity contribution is 6.07. The number of carbonyl (C=O) groups excluding carboxylic acids is 1. The van der Waals surface area contributed by atoms with Gasteiger partial charge in [0.25, 0.3) is 11.5 Å². The van der Waals surface area contributed by atoms with E-state index >= 15 is 0 Å². The van der Waals surface area contributed by atoms with E-state index in [1.54, 1.807) is 42.3 Å². The normalized spacial score (nSPS) is 10.8. The van der Waals surface area contributed by atoms with E-state index in [0.29, 0.717) is 65.1 Å². The molecule has 40 heavy (non-hydrogen) atoms. The van der Waals surface area contributed by atoms with E-state index in [4.69, 9.17) is 18.9 Å². The molecule has 0 aliphatic carbocycles. The summed E-state index contributed by atoms with van der Waals surface area (Å²) in [5.41, 5.74) is 3.90. The number of methoxy groups -OCH3 is 1. The SMILES string of the molecule is CCOc1cc(C(=O)N(Cc2cc3cc(OC)ccc3[nH]c2=O)c2cccc(C)c2C)cc(OCC)c1OCC. The summed E-state index contributed by atoms with van der Waals surface area (Å²) < 4.78 is 22.9. The number of benzene rings is 3. The molecule has 1 amide bonds. The van der Waals surface area contributed by atoms with Crippen molar-refractivity contribution in [2.45, 2.75) is 41.2 Å². The molecule has 3 aromatic carbocycles. The first-order valence-corrected chi connectivity index (χ1v) is 13.5. The zero-order valence-electron chi connectivity index (χ0n) is 23.9. The molecule has 0 aliphatic heterocycles. The van der Waals surface area contributed by atoms with E-state index in [0.717, 1.165) is 16.5 Å². The molecule has 4 rings (SSSR count). The summed E-state index contributed by atoms with van der Waals surface area (Å²) in [4.78, 5) is 32.1. The number of aromatic nitrogens is 1. The number of rotatable bonds is 11. The van der Waals surface area contributed by atoms with Crippen LogP contribution in [0.25, 0.3) is 10.9 Å². The lowest BCUT2D eigenvalue weighted by Crippen LogP contribution is -2.33. The van der Waals surface area contributed by atoms with Crippen LogP contribution in [-0.2, 0) is 6.54 Å². The number of fused-ring (bicyclic) bond motifs is 1. The molecule has 0 spiro atoms. The highest BCUT2D eigenvalue weighted by Crippen LogP contribution is 2.40. The molecule has 8 heteroatoms. The van der Waals surface area contributed by atoms with E-state index in [1.165, 1.54) is 0 Å². The number of hydrogen-bond donors (Lipinski definition) is 1. The van der Waals surface area contributed by atoms with Crippen molar-refractivity contribution in [3.8, 4) is 23.0 Å². The van der Waals surface area contributed by atoms with Gasteiger partial charge < -0.3 is 28.8 Å². The van der Waals surface area contributed by atoms with Gasteiger partial charge >= 0.3 is 0 Å². The monoisotopic (exact) mass is 544 g/mol. The number of ether oxygens (including phenoxy) is 4. The van der Waals surface area contributed by atoms with Crippen molar-refractivity contribution >= 4 is 22.5 Å². The van der Waals surface area contributed by atoms with E-state index in [2.05, 4.69) is 4.98 Å². The summed E-state index contributed by atoms with van der Waals surface area (Å²) in [5, 5.41) is 0.806. The Hall–Kier alpha value is -4.46. The van der Waals surface area contributed by atoms with Crippen LogP contribution in [0.3, 0.4) is 0 Å². The minimum Gasteiger partial charge on any atom is -0.497 e. The maximum absolute atomic E-state index is 14.3. The minimum atomic E-state index is -0.302. The summed E-state index contributed by atoms with van der Waals surface area (Å²) in [5.74, 6) is 1.68. The molecule has 1 N–H and O–H groups in total. The van der Waals surface area contributed by atoms with E-state index < -0.39 is 0 Å². The van der Waals surface area contributed by atoms with Gasteiger partial charge in [0.15, 0.2) is 11.5 Å². The molecule has 0 saturated heterocycles. The van der Waals surface area contributed by atoms with Gasteiger partial charge in [-0.2, -0.15) is 0 Å². The number of aryl methyl sites for hydroxylation is 1. The Kier molecular flexibility index (Phi) is 8.99. The summed E-state index contributed by atoms with van der Waals surface area (Å²) in [6, 6.07) is 16.4. The second-order valence-electron chi connectivity index (χ2n) is 9.29. The van der Waals surface area contributed by atoms with Crippen molar-refractivity contribution in [1.82, 2.24) is 4.98 Å². The molecule has 0 bridgehead atoms. The Morgan fingerprint density at radius 3 is 2.17 bits per heavy atom. The average molecular weight is 545 g/mol. The third-order valence-electron chi connectivity index (χ3n) is 6.72. The van der Waals surface area contributed by atoms with Crippen LogP contribution >= 0.6 is 0 Å². The first-order chi connectivity index (χ1) is 19.3. The maximum Gasteiger partial charge on any atom is 0.258 e. The lowest BCUT2D eigenvalue weighted by atomic mass is 10.0. The summed E-state index contributed by atoms with van der Waals surface area (Å²) >= 11 is 0. The third kappa shape index (κ3) is 5.91. The predicted molar refractivity (Wildman–Crippen MR) is 157 cm³/mol. The molecule has 0 aliphatic rings. The number of carbonyl (C=O) groups is 1. The number of amides is 1. The van der Waals surface area contributed by atoms with Crippen LogP contribution in [-0.4, -0.2) is 37.8 Å². The zero-order chi connectivity index (χ0) is 28.8. The summed E-state index contributed by atoms with van der Waals surface area (Å²) in [7, 11) is 1.60. The van der Waals surface area contributed by atoms with Crippen LogP contribution in [0.4, 0.5) is 5.69 Å². The largest absolute Gasteiger partial charge is 0.497 e. The Morgan fingerprint density at radius 2 is 1.55 bits per heavy atom. The third-order valence-corrected chi connectivity index (χ3v) is 6.72. The van der Waals surface area contributed by atoms with Crippen LogP contribution in [0.2, 0.25) is 0 Å². The van der Waals surface area contributed by atoms with Crippen molar-refractivity contribution in [3.63, 3.8) is 0 Å². The number of H-pyrrole nitrogens is 1. The Balaban J connectivity index is 1.87. The molecule has 210 valence electrons. The second kappa shape index (κ2) is 12.6. The molecular formula is C32H36N2O6. The topological polar surface area (TPSA) is 90.1 Å². The summed E-state index contributed by atoms with van der Waals surface area (Å²) in [6.45, 7) is 10.8. The van der Waals surface area contributed by atoms with Crippen molar-refractivity contribution < 1.29 is 23.7 Å². The van der Waals surface area contributed by atoms with Crippen LogP contribution in [0.1, 0.15) is 47.8 Å². The first kappa shape index (κ1) is 28.5. The molecule has 1 heterocycles. The van der Waals surface area contributed by atoms with Gasteiger partial charge in [0.05, 0.1) is 33.5 Å². The highest BCUT2D eigenvalue weighted by Gasteiger charge is 2.25. The van der Waals surface area contributed by atoms with Gasteiger partial charge in [-0.3, -0.25) is 9.59 Å². The number of nitrogens with zero attached hydrogens (tertiary/aromatic N) is 1. The summed E-state index contributed by atoms with van der Waals surface area (Å²) in [6.07, 6.45) is 0. The van der Waals surface area contributed by atoms with Crippen LogP contribution < -0.4 is 29.4 Å². The highest BCUT2D eigenvalue weighted by atomic mass is 16.5. The van der Waals surface area contributed by atoms with Crippen LogP contribution in [0, 0.1) is 13.8 Å². The fourth-order valence-corrected chi connectivity index (χ4v) is 4.61. The molecule has 0 saturated carbocycles. The van der Waals surface area contributed by atoms with Crippen molar-refractivity contribution in [1.29, 1.82) is 0 Å². The average Bonchev–Trinajstić information content (AvgIpc) is 2.94.